The van der Waals surface area contributed by atoms with Crippen LogP contribution in [-0.2, 0) is 11.8 Å². The number of hydrogen-bond donors (Lipinski definition) is 1. The number of rotatable bonds is 7. The molecule has 1 heterocycles. The van der Waals surface area contributed by atoms with E-state index in [1.165, 1.54) is 23.7 Å². The van der Waals surface area contributed by atoms with Crippen LogP contribution >= 0.6 is 11.5 Å². The van der Waals surface area contributed by atoms with Gasteiger partial charge in [-0.05, 0) is 35.4 Å². The molecule has 136 valence electrons. The van der Waals surface area contributed by atoms with Crippen LogP contribution in [0.5, 0.6) is 5.75 Å². The predicted molar refractivity (Wildman–Crippen MR) is 104 cm³/mol. The van der Waals surface area contributed by atoms with Crippen LogP contribution in [0.4, 0.5) is 9.52 Å². The molecule has 0 aliphatic rings. The van der Waals surface area contributed by atoms with Crippen molar-refractivity contribution in [1.29, 1.82) is 0 Å². The first kappa shape index (κ1) is 18.3. The molecule has 26 heavy (non-hydrogen) atoms. The summed E-state index contributed by atoms with van der Waals surface area (Å²) in [4.78, 5) is 4.56. The highest BCUT2D eigenvalue weighted by Crippen LogP contribution is 2.25. The van der Waals surface area contributed by atoms with Crippen LogP contribution in [0.25, 0.3) is 0 Å². The van der Waals surface area contributed by atoms with E-state index in [-0.39, 0.29) is 11.2 Å². The Bertz CT molecular complexity index is 844. The average molecular weight is 371 g/mol. The van der Waals surface area contributed by atoms with Crippen molar-refractivity contribution in [3.63, 3.8) is 0 Å². The monoisotopic (exact) mass is 371 g/mol. The normalized spacial score (nSPS) is 11.4. The molecular formula is C20H22FN3OS. The summed E-state index contributed by atoms with van der Waals surface area (Å²) >= 11 is 1.36. The number of anilines is 1. The van der Waals surface area contributed by atoms with E-state index in [9.17, 15) is 4.39 Å². The molecule has 0 saturated heterocycles. The second kappa shape index (κ2) is 7.83. The van der Waals surface area contributed by atoms with Gasteiger partial charge in [-0.15, -0.1) is 0 Å². The van der Waals surface area contributed by atoms with Crippen molar-refractivity contribution in [3.05, 3.63) is 71.3 Å². The third-order valence-electron chi connectivity index (χ3n) is 4.30. The largest absolute Gasteiger partial charge is 0.497 e. The number of halogens is 1. The zero-order valence-electron chi connectivity index (χ0n) is 15.1. The zero-order chi connectivity index (χ0) is 18.6. The summed E-state index contributed by atoms with van der Waals surface area (Å²) in [5, 5.41) is 4.15. The standard InChI is InChI=1S/C20H22FN3OS/c1-20(2,15-6-8-16(21)9-7-15)13-22-19-23-18(24-26-19)12-14-4-10-17(25-3)11-5-14/h4-11H,12-13H2,1-3H3,(H,22,23,24). The van der Waals surface area contributed by atoms with Crippen molar-refractivity contribution >= 4 is 16.7 Å². The summed E-state index contributed by atoms with van der Waals surface area (Å²) < 4.78 is 22.7. The van der Waals surface area contributed by atoms with Gasteiger partial charge in [-0.3, -0.25) is 0 Å². The summed E-state index contributed by atoms with van der Waals surface area (Å²) in [6.45, 7) is 4.93. The van der Waals surface area contributed by atoms with Gasteiger partial charge in [0.05, 0.1) is 7.11 Å². The molecule has 2 aromatic carbocycles. The van der Waals surface area contributed by atoms with Crippen LogP contribution in [0.15, 0.2) is 48.5 Å². The molecule has 0 saturated carbocycles. The Kier molecular flexibility index (Phi) is 5.52. The Hall–Kier alpha value is -2.47. The molecule has 3 aromatic rings. The lowest BCUT2D eigenvalue weighted by Gasteiger charge is -2.25. The Morgan fingerprint density at radius 3 is 2.42 bits per heavy atom. The van der Waals surface area contributed by atoms with Crippen LogP contribution in [0.1, 0.15) is 30.8 Å². The fraction of sp³-hybridized carbons (Fsp3) is 0.300. The van der Waals surface area contributed by atoms with Crippen molar-refractivity contribution in [2.45, 2.75) is 25.7 Å². The van der Waals surface area contributed by atoms with E-state index < -0.39 is 0 Å². The molecule has 0 radical (unpaired) electrons. The summed E-state index contributed by atoms with van der Waals surface area (Å²) in [5.74, 6) is 1.41. The maximum absolute atomic E-state index is 13.1. The summed E-state index contributed by atoms with van der Waals surface area (Å²) in [7, 11) is 1.66. The fourth-order valence-electron chi connectivity index (χ4n) is 2.62. The third kappa shape index (κ3) is 4.58. The SMILES string of the molecule is COc1ccc(Cc2nsc(NCC(C)(C)c3ccc(F)cc3)n2)cc1. The molecule has 0 unspecified atom stereocenters. The molecule has 0 fully saturated rings. The second-order valence-electron chi connectivity index (χ2n) is 6.78. The number of nitrogens with one attached hydrogen (secondary N) is 1. The molecule has 0 atom stereocenters. The third-order valence-corrected chi connectivity index (χ3v) is 5.01. The minimum absolute atomic E-state index is 0.143. The lowest BCUT2D eigenvalue weighted by atomic mass is 9.85. The predicted octanol–water partition coefficient (Wildman–Crippen LogP) is 4.67. The molecular weight excluding hydrogens is 349 g/mol. The van der Waals surface area contributed by atoms with E-state index in [0.717, 1.165) is 27.8 Å². The highest BCUT2D eigenvalue weighted by atomic mass is 32.1. The van der Waals surface area contributed by atoms with Gasteiger partial charge < -0.3 is 10.1 Å². The van der Waals surface area contributed by atoms with E-state index >= 15 is 0 Å². The molecule has 1 N–H and O–H groups in total. The average Bonchev–Trinajstić information content (AvgIpc) is 3.09. The fourth-order valence-corrected chi connectivity index (χ4v) is 3.20. The van der Waals surface area contributed by atoms with Crippen LogP contribution in [0.2, 0.25) is 0 Å². The summed E-state index contributed by atoms with van der Waals surface area (Å²) in [5.41, 5.74) is 2.08. The van der Waals surface area contributed by atoms with Gasteiger partial charge in [0.25, 0.3) is 0 Å². The van der Waals surface area contributed by atoms with E-state index in [4.69, 9.17) is 4.74 Å². The molecule has 1 aromatic heterocycles. The number of nitrogens with zero attached hydrogens (tertiary/aromatic N) is 2. The first-order chi connectivity index (χ1) is 12.5. The van der Waals surface area contributed by atoms with Gasteiger partial charge in [-0.25, -0.2) is 9.37 Å². The van der Waals surface area contributed by atoms with E-state index in [1.807, 2.05) is 36.4 Å². The van der Waals surface area contributed by atoms with Crippen LogP contribution in [0, 0.1) is 5.82 Å². The highest BCUT2D eigenvalue weighted by molar-refractivity contribution is 7.09. The maximum Gasteiger partial charge on any atom is 0.202 e. The lowest BCUT2D eigenvalue weighted by Crippen LogP contribution is -2.27. The summed E-state index contributed by atoms with van der Waals surface area (Å²) in [6, 6.07) is 14.6. The molecule has 4 nitrogen and oxygen atoms in total. The quantitative estimate of drug-likeness (QED) is 0.656. The minimum Gasteiger partial charge on any atom is -0.497 e. The van der Waals surface area contributed by atoms with Gasteiger partial charge in [0, 0.05) is 29.9 Å². The smallest absolute Gasteiger partial charge is 0.202 e. The molecule has 3 rings (SSSR count). The molecule has 0 amide bonds. The Balaban J connectivity index is 1.60. The van der Waals surface area contributed by atoms with Crippen molar-refractivity contribution in [2.75, 3.05) is 19.0 Å². The van der Waals surface area contributed by atoms with E-state index in [1.54, 1.807) is 7.11 Å². The van der Waals surface area contributed by atoms with Crippen LogP contribution < -0.4 is 10.1 Å². The first-order valence-electron chi connectivity index (χ1n) is 8.42. The molecule has 0 aliphatic carbocycles. The molecule has 0 aliphatic heterocycles. The molecule has 0 spiro atoms. The van der Waals surface area contributed by atoms with Crippen LogP contribution in [-0.4, -0.2) is 23.0 Å². The van der Waals surface area contributed by atoms with Crippen molar-refractivity contribution in [3.8, 4) is 5.75 Å². The van der Waals surface area contributed by atoms with Gasteiger partial charge in [0.1, 0.15) is 17.4 Å². The van der Waals surface area contributed by atoms with Gasteiger partial charge >= 0.3 is 0 Å². The van der Waals surface area contributed by atoms with Gasteiger partial charge in [-0.2, -0.15) is 4.37 Å². The number of aromatic nitrogens is 2. The van der Waals surface area contributed by atoms with Crippen molar-refractivity contribution in [1.82, 2.24) is 9.36 Å². The van der Waals surface area contributed by atoms with Crippen LogP contribution in [0.3, 0.4) is 0 Å². The Labute approximate surface area is 157 Å². The first-order valence-corrected chi connectivity index (χ1v) is 9.19. The van der Waals surface area contributed by atoms with Gasteiger partial charge in [0.15, 0.2) is 0 Å². The second-order valence-corrected chi connectivity index (χ2v) is 7.54. The Morgan fingerprint density at radius 2 is 1.77 bits per heavy atom. The topological polar surface area (TPSA) is 47.0 Å². The Morgan fingerprint density at radius 1 is 1.08 bits per heavy atom. The molecule has 6 heteroatoms. The minimum atomic E-state index is -0.218. The number of hydrogen-bond acceptors (Lipinski definition) is 5. The van der Waals surface area contributed by atoms with Crippen molar-refractivity contribution < 1.29 is 9.13 Å². The summed E-state index contributed by atoms with van der Waals surface area (Å²) in [6.07, 6.45) is 0.684. The van der Waals surface area contributed by atoms with E-state index in [2.05, 4.69) is 28.5 Å². The van der Waals surface area contributed by atoms with Gasteiger partial charge in [0.2, 0.25) is 5.13 Å². The van der Waals surface area contributed by atoms with E-state index in [0.29, 0.717) is 13.0 Å². The van der Waals surface area contributed by atoms with Crippen molar-refractivity contribution in [2.24, 2.45) is 0 Å². The maximum atomic E-state index is 13.1. The molecule has 0 bridgehead atoms. The number of ether oxygens (including phenoxy) is 1. The zero-order valence-corrected chi connectivity index (χ0v) is 15.9. The number of methoxy groups -OCH3 is 1. The van der Waals surface area contributed by atoms with Gasteiger partial charge in [-0.1, -0.05) is 38.1 Å². The highest BCUT2D eigenvalue weighted by Gasteiger charge is 2.21. The number of benzene rings is 2. The lowest BCUT2D eigenvalue weighted by molar-refractivity contribution is 0.414.